The number of halogens is 1. The van der Waals surface area contributed by atoms with Crippen molar-refractivity contribution in [3.63, 3.8) is 0 Å². The third-order valence-electron chi connectivity index (χ3n) is 2.68. The maximum atomic E-state index is 12.0. The summed E-state index contributed by atoms with van der Waals surface area (Å²) >= 11 is 3.39. The zero-order chi connectivity index (χ0) is 14.4. The molecule has 0 spiro atoms. The van der Waals surface area contributed by atoms with E-state index in [1.807, 2.05) is 30.3 Å². The zero-order valence-corrected chi connectivity index (χ0v) is 12.2. The van der Waals surface area contributed by atoms with Crippen LogP contribution in [0, 0.1) is 11.3 Å². The lowest BCUT2D eigenvalue weighted by atomic mass is 10.2. The molecule has 1 aromatic carbocycles. The third-order valence-corrected chi connectivity index (χ3v) is 3.17. The molecule has 100 valence electrons. The predicted molar refractivity (Wildman–Crippen MR) is 78.9 cm³/mol. The Bertz CT molecular complexity index is 664. The molecule has 0 radical (unpaired) electrons. The Hall–Kier alpha value is -2.19. The summed E-state index contributed by atoms with van der Waals surface area (Å²) in [5, 5.41) is 11.5. The van der Waals surface area contributed by atoms with Crippen molar-refractivity contribution in [2.75, 3.05) is 0 Å². The summed E-state index contributed by atoms with van der Waals surface area (Å²) in [5.74, 6) is -0.174. The molecule has 0 saturated carbocycles. The summed E-state index contributed by atoms with van der Waals surface area (Å²) in [6.07, 6.45) is 1.74. The van der Waals surface area contributed by atoms with Crippen molar-refractivity contribution >= 4 is 21.8 Å². The lowest BCUT2D eigenvalue weighted by molar-refractivity contribution is 0.0950. The highest BCUT2D eigenvalue weighted by atomic mass is 79.9. The van der Waals surface area contributed by atoms with Crippen LogP contribution in [0.15, 0.2) is 47.1 Å². The fraction of sp³-hybridized carbons (Fsp3) is 0.133. The fourth-order valence-electron chi connectivity index (χ4n) is 1.73. The van der Waals surface area contributed by atoms with Gasteiger partial charge in [0.1, 0.15) is 0 Å². The maximum absolute atomic E-state index is 12.0. The molecule has 0 fully saturated rings. The van der Waals surface area contributed by atoms with Crippen molar-refractivity contribution in [2.24, 2.45) is 0 Å². The van der Waals surface area contributed by atoms with E-state index >= 15 is 0 Å². The van der Waals surface area contributed by atoms with Gasteiger partial charge in [0.2, 0.25) is 0 Å². The quantitative estimate of drug-likeness (QED) is 0.937. The molecule has 20 heavy (non-hydrogen) atoms. The molecule has 1 N–H and O–H groups in total. The van der Waals surface area contributed by atoms with Gasteiger partial charge in [-0.3, -0.25) is 9.78 Å². The number of nitrogens with zero attached hydrogens (tertiary/aromatic N) is 2. The Kier molecular flexibility index (Phi) is 4.85. The number of amides is 1. The Morgan fingerprint density at radius 3 is 2.95 bits per heavy atom. The van der Waals surface area contributed by atoms with Gasteiger partial charge in [-0.05, 0) is 29.8 Å². The van der Waals surface area contributed by atoms with Crippen LogP contribution in [0.1, 0.15) is 21.6 Å². The molecule has 0 atom stereocenters. The molecule has 0 aliphatic heterocycles. The highest BCUT2D eigenvalue weighted by Gasteiger charge is 2.06. The highest BCUT2D eigenvalue weighted by molar-refractivity contribution is 9.10. The van der Waals surface area contributed by atoms with Crippen LogP contribution in [0.2, 0.25) is 0 Å². The summed E-state index contributed by atoms with van der Waals surface area (Å²) in [6, 6.07) is 13.0. The highest BCUT2D eigenvalue weighted by Crippen LogP contribution is 2.11. The molecular weight excluding hydrogens is 318 g/mol. The number of nitrogens with one attached hydrogen (secondary N) is 1. The number of carbonyl (C=O) groups excluding carboxylic acids is 1. The Morgan fingerprint density at radius 1 is 1.35 bits per heavy atom. The fourth-order valence-corrected chi connectivity index (χ4v) is 2.18. The average molecular weight is 330 g/mol. The zero-order valence-electron chi connectivity index (χ0n) is 10.6. The first-order chi connectivity index (χ1) is 9.69. The second-order valence-electron chi connectivity index (χ2n) is 4.18. The van der Waals surface area contributed by atoms with Crippen molar-refractivity contribution in [1.29, 1.82) is 5.26 Å². The molecule has 0 bridgehead atoms. The molecule has 1 heterocycles. The largest absolute Gasteiger partial charge is 0.348 e. The number of aromatic nitrogens is 1. The lowest BCUT2D eigenvalue weighted by Crippen LogP contribution is -2.23. The Balaban J connectivity index is 2.01. The standard InChI is InChI=1S/C15H12BrN3O/c16-13-3-1-2-11(8-13)10-19-15(20)12-5-7-18-14(9-12)4-6-17/h1-3,5,7-9H,4,10H2,(H,19,20). The van der Waals surface area contributed by atoms with Gasteiger partial charge < -0.3 is 5.32 Å². The van der Waals surface area contributed by atoms with E-state index in [1.165, 1.54) is 0 Å². The van der Waals surface area contributed by atoms with Gasteiger partial charge in [0.05, 0.1) is 18.2 Å². The SMILES string of the molecule is N#CCc1cc(C(=O)NCc2cccc(Br)c2)ccn1. The van der Waals surface area contributed by atoms with Crippen LogP contribution < -0.4 is 5.32 Å². The maximum Gasteiger partial charge on any atom is 0.251 e. The van der Waals surface area contributed by atoms with Gasteiger partial charge in [-0.2, -0.15) is 5.26 Å². The monoisotopic (exact) mass is 329 g/mol. The van der Waals surface area contributed by atoms with E-state index in [1.54, 1.807) is 18.3 Å². The lowest BCUT2D eigenvalue weighted by Gasteiger charge is -2.06. The number of benzene rings is 1. The normalized spacial score (nSPS) is 9.80. The number of pyridine rings is 1. The minimum Gasteiger partial charge on any atom is -0.348 e. The molecule has 2 rings (SSSR count). The predicted octanol–water partition coefficient (Wildman–Crippen LogP) is 2.84. The van der Waals surface area contributed by atoms with Crippen LogP contribution in [0.4, 0.5) is 0 Å². The van der Waals surface area contributed by atoms with Crippen LogP contribution in [0.5, 0.6) is 0 Å². The summed E-state index contributed by atoms with van der Waals surface area (Å²) in [4.78, 5) is 16.1. The number of hydrogen-bond acceptors (Lipinski definition) is 3. The van der Waals surface area contributed by atoms with Gasteiger partial charge in [0, 0.05) is 22.8 Å². The number of hydrogen-bond donors (Lipinski definition) is 1. The minimum absolute atomic E-state index is 0.174. The second kappa shape index (κ2) is 6.83. The van der Waals surface area contributed by atoms with Crippen LogP contribution >= 0.6 is 15.9 Å². The second-order valence-corrected chi connectivity index (χ2v) is 5.10. The third kappa shape index (κ3) is 3.90. The molecule has 2 aromatic rings. The van der Waals surface area contributed by atoms with Crippen LogP contribution in [0.25, 0.3) is 0 Å². The van der Waals surface area contributed by atoms with Crippen LogP contribution in [-0.4, -0.2) is 10.9 Å². The molecule has 0 unspecified atom stereocenters. The van der Waals surface area contributed by atoms with Gasteiger partial charge in [-0.1, -0.05) is 28.1 Å². The number of nitriles is 1. The Morgan fingerprint density at radius 2 is 2.20 bits per heavy atom. The van der Waals surface area contributed by atoms with Gasteiger partial charge in [-0.25, -0.2) is 0 Å². The molecule has 4 nitrogen and oxygen atoms in total. The van der Waals surface area contributed by atoms with Gasteiger partial charge >= 0.3 is 0 Å². The van der Waals surface area contributed by atoms with Crippen molar-refractivity contribution in [3.8, 4) is 6.07 Å². The summed E-state index contributed by atoms with van der Waals surface area (Å²) in [6.45, 7) is 0.453. The Labute approximate surface area is 125 Å². The first-order valence-corrected chi connectivity index (χ1v) is 6.83. The molecule has 1 amide bonds. The summed E-state index contributed by atoms with van der Waals surface area (Å²) in [5.41, 5.74) is 2.13. The first-order valence-electron chi connectivity index (χ1n) is 6.03. The molecule has 0 saturated heterocycles. The van der Waals surface area contributed by atoms with E-state index in [0.717, 1.165) is 10.0 Å². The smallest absolute Gasteiger partial charge is 0.251 e. The van der Waals surface area contributed by atoms with Gasteiger partial charge in [0.25, 0.3) is 5.91 Å². The van der Waals surface area contributed by atoms with E-state index in [4.69, 9.17) is 5.26 Å². The molecule has 1 aromatic heterocycles. The molecule has 0 aliphatic carbocycles. The molecule has 0 aliphatic rings. The van der Waals surface area contributed by atoms with Crippen molar-refractivity contribution in [3.05, 3.63) is 63.9 Å². The summed E-state index contributed by atoms with van der Waals surface area (Å²) < 4.78 is 0.976. The van der Waals surface area contributed by atoms with Crippen molar-refractivity contribution < 1.29 is 4.79 Å². The van der Waals surface area contributed by atoms with Crippen molar-refractivity contribution in [1.82, 2.24) is 10.3 Å². The van der Waals surface area contributed by atoms with Crippen LogP contribution in [0.3, 0.4) is 0 Å². The number of rotatable bonds is 4. The number of carbonyl (C=O) groups is 1. The molecular formula is C15H12BrN3O. The van der Waals surface area contributed by atoms with E-state index in [2.05, 4.69) is 26.2 Å². The molecule has 5 heteroatoms. The van der Waals surface area contributed by atoms with E-state index in [0.29, 0.717) is 17.8 Å². The van der Waals surface area contributed by atoms with E-state index in [9.17, 15) is 4.79 Å². The first kappa shape index (κ1) is 14.2. The van der Waals surface area contributed by atoms with Gasteiger partial charge in [-0.15, -0.1) is 0 Å². The van der Waals surface area contributed by atoms with Gasteiger partial charge in [0.15, 0.2) is 0 Å². The average Bonchev–Trinajstić information content (AvgIpc) is 2.45. The minimum atomic E-state index is -0.174. The van der Waals surface area contributed by atoms with Crippen LogP contribution in [-0.2, 0) is 13.0 Å². The van der Waals surface area contributed by atoms with E-state index < -0.39 is 0 Å². The topological polar surface area (TPSA) is 65.8 Å². The summed E-state index contributed by atoms with van der Waals surface area (Å²) in [7, 11) is 0. The van der Waals surface area contributed by atoms with E-state index in [-0.39, 0.29) is 12.3 Å². The van der Waals surface area contributed by atoms with Crippen molar-refractivity contribution in [2.45, 2.75) is 13.0 Å².